The molecule has 0 spiro atoms. The lowest BCUT2D eigenvalue weighted by Crippen LogP contribution is -2.15. The van der Waals surface area contributed by atoms with Crippen molar-refractivity contribution in [2.45, 2.75) is 18.0 Å². The molecule has 0 radical (unpaired) electrons. The summed E-state index contributed by atoms with van der Waals surface area (Å²) in [7, 11) is -3.68. The van der Waals surface area contributed by atoms with Crippen LogP contribution in [0, 0.1) is 5.82 Å². The van der Waals surface area contributed by atoms with Crippen molar-refractivity contribution in [3.8, 4) is 0 Å². The lowest BCUT2D eigenvalue weighted by Gasteiger charge is -2.07. The van der Waals surface area contributed by atoms with E-state index in [-0.39, 0.29) is 10.7 Å². The van der Waals surface area contributed by atoms with Gasteiger partial charge in [0.25, 0.3) is 0 Å². The molecule has 0 atom stereocenters. The van der Waals surface area contributed by atoms with E-state index in [0.717, 1.165) is 5.56 Å². The summed E-state index contributed by atoms with van der Waals surface area (Å²) >= 11 is 5.68. The van der Waals surface area contributed by atoms with Crippen LogP contribution < -0.4 is 10.5 Å². The van der Waals surface area contributed by atoms with Crippen LogP contribution in [0.4, 0.5) is 4.39 Å². The highest BCUT2D eigenvalue weighted by atomic mass is 35.5. The lowest BCUT2D eigenvalue weighted by atomic mass is 10.2. The molecule has 0 aliphatic carbocycles. The van der Waals surface area contributed by atoms with Crippen molar-refractivity contribution in [2.24, 2.45) is 5.14 Å². The van der Waals surface area contributed by atoms with Crippen LogP contribution in [0.3, 0.4) is 0 Å². The summed E-state index contributed by atoms with van der Waals surface area (Å²) in [6.45, 7) is 0.826. The number of nitrogens with one attached hydrogen (secondary N) is 1. The molecule has 0 unspecified atom stereocenters. The fourth-order valence-corrected chi connectivity index (χ4v) is 2.48. The normalized spacial score (nSPS) is 11.6. The molecule has 0 saturated heterocycles. The van der Waals surface area contributed by atoms with Crippen LogP contribution in [0.2, 0.25) is 5.02 Å². The molecule has 112 valence electrons. The minimum absolute atomic E-state index is 0.0648. The van der Waals surface area contributed by atoms with Gasteiger partial charge in [0.05, 0.1) is 4.90 Å². The van der Waals surface area contributed by atoms with Gasteiger partial charge in [-0.2, -0.15) is 0 Å². The second kappa shape index (κ2) is 6.53. The van der Waals surface area contributed by atoms with Gasteiger partial charge in [0.1, 0.15) is 5.82 Å². The van der Waals surface area contributed by atoms with Crippen LogP contribution >= 0.6 is 11.6 Å². The summed E-state index contributed by atoms with van der Waals surface area (Å²) in [5.74, 6) is -0.362. The fraction of sp³-hybridized carbons (Fsp3) is 0.143. The number of hydrogen-bond donors (Lipinski definition) is 2. The Morgan fingerprint density at radius 1 is 1.10 bits per heavy atom. The van der Waals surface area contributed by atoms with Crippen LogP contribution in [0.25, 0.3) is 0 Å². The van der Waals surface area contributed by atoms with Gasteiger partial charge in [0, 0.05) is 23.7 Å². The molecule has 0 amide bonds. The smallest absolute Gasteiger partial charge is 0.238 e. The molecule has 21 heavy (non-hydrogen) atoms. The van der Waals surface area contributed by atoms with E-state index < -0.39 is 10.0 Å². The van der Waals surface area contributed by atoms with Crippen LogP contribution in [0.15, 0.2) is 47.4 Å². The predicted molar refractivity (Wildman–Crippen MR) is 79.8 cm³/mol. The second-order valence-electron chi connectivity index (χ2n) is 4.53. The van der Waals surface area contributed by atoms with E-state index >= 15 is 0 Å². The van der Waals surface area contributed by atoms with Crippen molar-refractivity contribution in [2.75, 3.05) is 0 Å². The fourth-order valence-electron chi connectivity index (χ4n) is 1.80. The average Bonchev–Trinajstić information content (AvgIpc) is 2.41. The summed E-state index contributed by atoms with van der Waals surface area (Å²) < 4.78 is 35.8. The third-order valence-electron chi connectivity index (χ3n) is 2.91. The number of sulfonamides is 1. The zero-order valence-electron chi connectivity index (χ0n) is 11.0. The maximum Gasteiger partial charge on any atom is 0.238 e. The number of hydrogen-bond acceptors (Lipinski definition) is 3. The maximum atomic E-state index is 13.6. The van der Waals surface area contributed by atoms with E-state index in [9.17, 15) is 12.8 Å². The highest BCUT2D eigenvalue weighted by molar-refractivity contribution is 7.89. The number of nitrogens with two attached hydrogens (primary N) is 1. The molecular weight excluding hydrogens is 315 g/mol. The molecule has 7 heteroatoms. The molecule has 4 nitrogen and oxygen atoms in total. The number of benzene rings is 2. The molecule has 0 saturated carbocycles. The van der Waals surface area contributed by atoms with Gasteiger partial charge in [-0.1, -0.05) is 29.8 Å². The standard InChI is InChI=1S/C14H14ClFN2O2S/c15-12-4-3-11(14(16)7-12)9-18-8-10-1-5-13(6-2-10)21(17,19)20/h1-7,18H,8-9H2,(H2,17,19,20). The molecule has 2 aromatic carbocycles. The average molecular weight is 329 g/mol. The van der Waals surface area contributed by atoms with Crippen molar-refractivity contribution >= 4 is 21.6 Å². The van der Waals surface area contributed by atoms with Crippen LogP contribution in [-0.4, -0.2) is 8.42 Å². The van der Waals surface area contributed by atoms with E-state index in [1.54, 1.807) is 24.3 Å². The molecule has 0 aliphatic rings. The van der Waals surface area contributed by atoms with Gasteiger partial charge in [-0.05, 0) is 29.8 Å². The third kappa shape index (κ3) is 4.50. The molecule has 2 rings (SSSR count). The van der Waals surface area contributed by atoms with Gasteiger partial charge in [-0.25, -0.2) is 17.9 Å². The molecule has 2 aromatic rings. The lowest BCUT2D eigenvalue weighted by molar-refractivity contribution is 0.587. The molecular formula is C14H14ClFN2O2S. The summed E-state index contributed by atoms with van der Waals surface area (Å²) in [6.07, 6.45) is 0. The van der Waals surface area contributed by atoms with Gasteiger partial charge < -0.3 is 5.32 Å². The van der Waals surface area contributed by atoms with Crippen molar-refractivity contribution in [3.05, 3.63) is 64.4 Å². The van der Waals surface area contributed by atoms with Crippen LogP contribution in [0.5, 0.6) is 0 Å². The first-order chi connectivity index (χ1) is 9.86. The van der Waals surface area contributed by atoms with Crippen molar-refractivity contribution in [1.29, 1.82) is 0 Å². The Morgan fingerprint density at radius 3 is 2.33 bits per heavy atom. The highest BCUT2D eigenvalue weighted by Crippen LogP contribution is 2.14. The van der Waals surface area contributed by atoms with Crippen molar-refractivity contribution < 1.29 is 12.8 Å². The first-order valence-electron chi connectivity index (χ1n) is 6.12. The Morgan fingerprint density at radius 2 is 1.76 bits per heavy atom. The third-order valence-corrected chi connectivity index (χ3v) is 4.08. The van der Waals surface area contributed by atoms with E-state index in [4.69, 9.17) is 16.7 Å². The molecule has 0 fully saturated rings. The zero-order chi connectivity index (χ0) is 15.5. The largest absolute Gasteiger partial charge is 0.309 e. The van der Waals surface area contributed by atoms with Crippen LogP contribution in [-0.2, 0) is 23.1 Å². The maximum absolute atomic E-state index is 13.6. The van der Waals surface area contributed by atoms with Crippen LogP contribution in [0.1, 0.15) is 11.1 Å². The monoisotopic (exact) mass is 328 g/mol. The Bertz CT molecular complexity index is 733. The van der Waals surface area contributed by atoms with E-state index in [0.29, 0.717) is 23.7 Å². The van der Waals surface area contributed by atoms with Gasteiger partial charge in [0.15, 0.2) is 0 Å². The summed E-state index contributed by atoms with van der Waals surface area (Å²) in [4.78, 5) is 0.0648. The topological polar surface area (TPSA) is 72.2 Å². The number of rotatable bonds is 5. The van der Waals surface area contributed by atoms with Crippen molar-refractivity contribution in [1.82, 2.24) is 5.32 Å². The zero-order valence-corrected chi connectivity index (χ0v) is 12.6. The van der Waals surface area contributed by atoms with Gasteiger partial charge in [0.2, 0.25) is 10.0 Å². The van der Waals surface area contributed by atoms with Crippen molar-refractivity contribution in [3.63, 3.8) is 0 Å². The van der Waals surface area contributed by atoms with Gasteiger partial charge >= 0.3 is 0 Å². The van der Waals surface area contributed by atoms with Gasteiger partial charge in [-0.15, -0.1) is 0 Å². The van der Waals surface area contributed by atoms with E-state index in [1.807, 2.05) is 0 Å². The minimum Gasteiger partial charge on any atom is -0.309 e. The molecule has 3 N–H and O–H groups in total. The van der Waals surface area contributed by atoms with Gasteiger partial charge in [-0.3, -0.25) is 0 Å². The Labute approximate surface area is 127 Å². The minimum atomic E-state index is -3.68. The Kier molecular flexibility index (Phi) is 4.95. The SMILES string of the molecule is NS(=O)(=O)c1ccc(CNCc2ccc(Cl)cc2F)cc1. The second-order valence-corrected chi connectivity index (χ2v) is 6.53. The molecule has 0 aliphatic heterocycles. The Balaban J connectivity index is 1.94. The quantitative estimate of drug-likeness (QED) is 0.885. The molecule has 0 bridgehead atoms. The van der Waals surface area contributed by atoms with E-state index in [1.165, 1.54) is 18.2 Å². The summed E-state index contributed by atoms with van der Waals surface area (Å²) in [5.41, 5.74) is 1.39. The number of halogens is 2. The summed E-state index contributed by atoms with van der Waals surface area (Å²) in [5, 5.41) is 8.44. The Hall–Kier alpha value is -1.47. The predicted octanol–water partition coefficient (Wildman–Crippen LogP) is 2.42. The highest BCUT2D eigenvalue weighted by Gasteiger charge is 2.07. The molecule has 0 heterocycles. The first kappa shape index (κ1) is 15.9. The first-order valence-corrected chi connectivity index (χ1v) is 8.05. The number of primary sulfonamides is 1. The molecule has 0 aromatic heterocycles. The summed E-state index contributed by atoms with van der Waals surface area (Å²) in [6, 6.07) is 10.7. The van der Waals surface area contributed by atoms with E-state index in [2.05, 4.69) is 5.32 Å².